The third-order valence-corrected chi connectivity index (χ3v) is 2.98. The average molecular weight is 335 g/mol. The number of rotatable bonds is 2. The smallest absolute Gasteiger partial charge is 0.179 e. The summed E-state index contributed by atoms with van der Waals surface area (Å²) in [6, 6.07) is 10.6. The molecule has 7 heteroatoms. The quantitative estimate of drug-likeness (QED) is 0.910. The molecule has 1 heterocycles. The highest BCUT2D eigenvalue weighted by Crippen LogP contribution is 2.24. The number of nitriles is 2. The van der Waals surface area contributed by atoms with Crippen LogP contribution in [0.1, 0.15) is 11.4 Å². The number of hydrogen-bond donors (Lipinski definition) is 1. The topological polar surface area (TPSA) is 85.4 Å². The molecule has 0 radical (unpaired) electrons. The number of hydrogen-bond acceptors (Lipinski definition) is 5. The molecule has 2 aromatic rings. The van der Waals surface area contributed by atoms with E-state index in [1.54, 1.807) is 24.3 Å². The molecule has 0 aliphatic carbocycles. The molecule has 0 atom stereocenters. The first kappa shape index (κ1) is 13.3. The molecule has 1 N–H and O–H groups in total. The normalized spacial score (nSPS) is 9.47. The van der Waals surface area contributed by atoms with Crippen LogP contribution < -0.4 is 5.32 Å². The van der Waals surface area contributed by atoms with E-state index in [9.17, 15) is 0 Å². The van der Waals surface area contributed by atoms with Crippen LogP contribution in [-0.4, -0.2) is 9.97 Å². The second-order valence-electron chi connectivity index (χ2n) is 3.42. The molecule has 0 saturated carbocycles. The van der Waals surface area contributed by atoms with Crippen molar-refractivity contribution >= 4 is 39.0 Å². The van der Waals surface area contributed by atoms with Crippen molar-refractivity contribution in [3.05, 3.63) is 45.3 Å². The van der Waals surface area contributed by atoms with Gasteiger partial charge in [0.15, 0.2) is 17.2 Å². The molecule has 2 rings (SSSR count). The second-order valence-corrected chi connectivity index (χ2v) is 4.60. The Labute approximate surface area is 122 Å². The minimum Gasteiger partial charge on any atom is -0.338 e. The van der Waals surface area contributed by atoms with Crippen molar-refractivity contribution in [1.29, 1.82) is 10.5 Å². The van der Waals surface area contributed by atoms with E-state index in [0.29, 0.717) is 15.4 Å². The molecule has 0 aliphatic rings. The lowest BCUT2D eigenvalue weighted by Gasteiger charge is -2.07. The molecule has 0 amide bonds. The lowest BCUT2D eigenvalue weighted by atomic mass is 10.3. The SMILES string of the molecule is N#Cc1nc(Br)c(Nc2ccc(Cl)cc2)nc1C#N. The summed E-state index contributed by atoms with van der Waals surface area (Å²) in [5.74, 6) is 0.359. The summed E-state index contributed by atoms with van der Waals surface area (Å²) in [5, 5.41) is 21.3. The number of nitrogens with zero attached hydrogens (tertiary/aromatic N) is 4. The average Bonchev–Trinajstić information content (AvgIpc) is 2.43. The van der Waals surface area contributed by atoms with Crippen LogP contribution in [0, 0.1) is 22.7 Å². The Morgan fingerprint density at radius 1 is 1.05 bits per heavy atom. The standard InChI is InChI=1S/C12H5BrClN5/c13-11-12(17-8-3-1-7(14)2-4-8)19-10(6-16)9(5-15)18-11/h1-4H,(H,17,19). The largest absolute Gasteiger partial charge is 0.338 e. The van der Waals surface area contributed by atoms with E-state index in [1.807, 2.05) is 12.1 Å². The fourth-order valence-corrected chi connectivity index (χ4v) is 1.81. The highest BCUT2D eigenvalue weighted by atomic mass is 79.9. The van der Waals surface area contributed by atoms with Crippen LogP contribution in [0.5, 0.6) is 0 Å². The van der Waals surface area contributed by atoms with Gasteiger partial charge < -0.3 is 5.32 Å². The molecule has 0 saturated heterocycles. The molecule has 5 nitrogen and oxygen atoms in total. The van der Waals surface area contributed by atoms with Crippen LogP contribution in [0.25, 0.3) is 0 Å². The molecule has 92 valence electrons. The van der Waals surface area contributed by atoms with Crippen LogP contribution in [0.15, 0.2) is 28.9 Å². The molecule has 1 aromatic carbocycles. The monoisotopic (exact) mass is 333 g/mol. The fourth-order valence-electron chi connectivity index (χ4n) is 1.32. The summed E-state index contributed by atoms with van der Waals surface area (Å²) < 4.78 is 0.359. The van der Waals surface area contributed by atoms with Crippen molar-refractivity contribution < 1.29 is 0 Å². The minimum absolute atomic E-state index is 0.0176. The van der Waals surface area contributed by atoms with Gasteiger partial charge in [0.25, 0.3) is 0 Å². The van der Waals surface area contributed by atoms with Crippen molar-refractivity contribution in [2.75, 3.05) is 5.32 Å². The number of nitrogens with one attached hydrogen (secondary N) is 1. The van der Waals surface area contributed by atoms with Gasteiger partial charge in [-0.05, 0) is 40.2 Å². The summed E-state index contributed by atoms with van der Waals surface area (Å²) in [5.41, 5.74) is 0.700. The zero-order valence-corrected chi connectivity index (χ0v) is 11.7. The number of anilines is 2. The molecular weight excluding hydrogens is 330 g/mol. The van der Waals surface area contributed by atoms with Gasteiger partial charge in [-0.2, -0.15) is 10.5 Å². The first-order chi connectivity index (χ1) is 9.13. The molecular formula is C12H5BrClN5. The highest BCUT2D eigenvalue weighted by Gasteiger charge is 2.11. The summed E-state index contributed by atoms with van der Waals surface area (Å²) in [7, 11) is 0. The Bertz CT molecular complexity index is 700. The van der Waals surface area contributed by atoms with Crippen molar-refractivity contribution in [3.63, 3.8) is 0 Å². The van der Waals surface area contributed by atoms with Gasteiger partial charge >= 0.3 is 0 Å². The third kappa shape index (κ3) is 3.00. The lowest BCUT2D eigenvalue weighted by Crippen LogP contribution is -2.02. The van der Waals surface area contributed by atoms with Crippen LogP contribution in [-0.2, 0) is 0 Å². The maximum Gasteiger partial charge on any atom is 0.179 e. The van der Waals surface area contributed by atoms with Gasteiger partial charge in [-0.15, -0.1) is 0 Å². The first-order valence-corrected chi connectivity index (χ1v) is 6.21. The predicted molar refractivity (Wildman–Crippen MR) is 73.9 cm³/mol. The summed E-state index contributed by atoms with van der Waals surface area (Å²) >= 11 is 8.99. The molecule has 0 aliphatic heterocycles. The fraction of sp³-hybridized carbons (Fsp3) is 0. The van der Waals surface area contributed by atoms with Gasteiger partial charge in [0.2, 0.25) is 0 Å². The van der Waals surface area contributed by atoms with Crippen LogP contribution in [0.2, 0.25) is 5.02 Å². The Hall–Kier alpha value is -2.15. The molecule has 1 aromatic heterocycles. The maximum absolute atomic E-state index is 8.90. The van der Waals surface area contributed by atoms with Crippen LogP contribution >= 0.6 is 27.5 Å². The van der Waals surface area contributed by atoms with Gasteiger partial charge in [-0.1, -0.05) is 11.6 Å². The van der Waals surface area contributed by atoms with E-state index in [0.717, 1.165) is 5.69 Å². The lowest BCUT2D eigenvalue weighted by molar-refractivity contribution is 1.10. The maximum atomic E-state index is 8.90. The zero-order chi connectivity index (χ0) is 13.8. The molecule has 0 bridgehead atoms. The summed E-state index contributed by atoms with van der Waals surface area (Å²) in [6.45, 7) is 0. The first-order valence-electron chi connectivity index (χ1n) is 5.04. The van der Waals surface area contributed by atoms with Gasteiger partial charge in [0.05, 0.1) is 0 Å². The Morgan fingerprint density at radius 3 is 2.21 bits per heavy atom. The van der Waals surface area contributed by atoms with Crippen molar-refractivity contribution in [3.8, 4) is 12.1 Å². The number of halogens is 2. The van der Waals surface area contributed by atoms with Gasteiger partial charge in [-0.25, -0.2) is 9.97 Å². The van der Waals surface area contributed by atoms with Gasteiger partial charge in [-0.3, -0.25) is 0 Å². The van der Waals surface area contributed by atoms with Crippen molar-refractivity contribution in [1.82, 2.24) is 9.97 Å². The number of benzene rings is 1. The molecule has 0 spiro atoms. The van der Waals surface area contributed by atoms with Crippen LogP contribution in [0.4, 0.5) is 11.5 Å². The Balaban J connectivity index is 2.39. The van der Waals surface area contributed by atoms with Gasteiger partial charge in [0.1, 0.15) is 16.7 Å². The van der Waals surface area contributed by atoms with E-state index in [-0.39, 0.29) is 11.4 Å². The molecule has 0 fully saturated rings. The Kier molecular flexibility index (Phi) is 3.96. The van der Waals surface area contributed by atoms with E-state index < -0.39 is 0 Å². The van der Waals surface area contributed by atoms with Crippen molar-refractivity contribution in [2.24, 2.45) is 0 Å². The van der Waals surface area contributed by atoms with Gasteiger partial charge in [0, 0.05) is 10.7 Å². The van der Waals surface area contributed by atoms with E-state index in [4.69, 9.17) is 22.1 Å². The summed E-state index contributed by atoms with van der Waals surface area (Å²) in [4.78, 5) is 8.00. The highest BCUT2D eigenvalue weighted by molar-refractivity contribution is 9.10. The van der Waals surface area contributed by atoms with E-state index >= 15 is 0 Å². The van der Waals surface area contributed by atoms with E-state index in [1.165, 1.54) is 0 Å². The second kappa shape index (κ2) is 5.66. The van der Waals surface area contributed by atoms with E-state index in [2.05, 4.69) is 31.2 Å². The Morgan fingerprint density at radius 2 is 1.63 bits per heavy atom. The van der Waals surface area contributed by atoms with Crippen molar-refractivity contribution in [2.45, 2.75) is 0 Å². The van der Waals surface area contributed by atoms with Crippen LogP contribution in [0.3, 0.4) is 0 Å². The summed E-state index contributed by atoms with van der Waals surface area (Å²) in [6.07, 6.45) is 0. The molecule has 19 heavy (non-hydrogen) atoms. The minimum atomic E-state index is -0.0258. The third-order valence-electron chi connectivity index (χ3n) is 2.17. The predicted octanol–water partition coefficient (Wildman–Crippen LogP) is 3.38. The zero-order valence-electron chi connectivity index (χ0n) is 9.35. The molecule has 0 unspecified atom stereocenters. The number of aromatic nitrogens is 2.